The monoisotopic (exact) mass is 368 g/mol. The van der Waals surface area contributed by atoms with E-state index in [1.165, 1.54) is 14.2 Å². The van der Waals surface area contributed by atoms with Gasteiger partial charge in [-0.15, -0.1) is 0 Å². The van der Waals surface area contributed by atoms with Crippen molar-refractivity contribution in [2.45, 2.75) is 13.8 Å². The number of aromatic carboxylic acids is 1. The van der Waals surface area contributed by atoms with E-state index < -0.39 is 5.97 Å². The minimum atomic E-state index is -0.949. The molecule has 0 aliphatic rings. The summed E-state index contributed by atoms with van der Waals surface area (Å²) in [5.74, 6) is -0.163. The molecule has 1 aromatic carbocycles. The molecule has 1 aromatic heterocycles. The van der Waals surface area contributed by atoms with Gasteiger partial charge >= 0.3 is 134 Å². The van der Waals surface area contributed by atoms with Crippen LogP contribution in [-0.4, -0.2) is 50.2 Å². The van der Waals surface area contributed by atoms with Crippen LogP contribution in [0.15, 0.2) is 18.2 Å². The van der Waals surface area contributed by atoms with E-state index in [1.807, 2.05) is 19.9 Å². The van der Waals surface area contributed by atoms with Crippen molar-refractivity contribution in [3.63, 3.8) is 0 Å². The molecule has 1 heterocycles. The third-order valence-electron chi connectivity index (χ3n) is 3.10. The fourth-order valence-electron chi connectivity index (χ4n) is 1.78. The third kappa shape index (κ3) is 3.55. The Bertz CT molecular complexity index is 697. The number of aromatic nitrogens is 2. The Morgan fingerprint density at radius 2 is 1.59 bits per heavy atom. The zero-order valence-corrected chi connectivity index (χ0v) is 14.4. The molecule has 0 spiro atoms. The summed E-state index contributed by atoms with van der Waals surface area (Å²) in [5, 5.41) is 9.38. The van der Waals surface area contributed by atoms with Crippen LogP contribution in [0.25, 0.3) is 0 Å². The van der Waals surface area contributed by atoms with Crippen molar-refractivity contribution in [1.29, 1.82) is 0 Å². The molecule has 116 valence electrons. The predicted molar refractivity (Wildman–Crippen MR) is 83.0 cm³/mol. The number of hydrogen-bond donors (Lipinski definition) is 1. The number of nitrogens with zero attached hydrogens (tertiary/aromatic N) is 2. The Balaban J connectivity index is 2.46. The number of rotatable bonds is 5. The molecule has 0 radical (unpaired) electrons. The van der Waals surface area contributed by atoms with Crippen LogP contribution in [0.5, 0.6) is 11.8 Å². The summed E-state index contributed by atoms with van der Waals surface area (Å²) in [6.07, 6.45) is 0. The van der Waals surface area contributed by atoms with Gasteiger partial charge in [0.2, 0.25) is 0 Å². The van der Waals surface area contributed by atoms with Gasteiger partial charge in [0.05, 0.1) is 0 Å². The molecule has 0 aliphatic carbocycles. The predicted octanol–water partition coefficient (Wildman–Crippen LogP) is 0.464. The molecular formula is C15H16N2O4Se. The second-order valence-electron chi connectivity index (χ2n) is 4.58. The third-order valence-corrected chi connectivity index (χ3v) is 5.04. The molecule has 0 saturated heterocycles. The summed E-state index contributed by atoms with van der Waals surface area (Å²) in [6, 6.07) is 5.15. The maximum absolute atomic E-state index is 11.4. The zero-order valence-electron chi connectivity index (χ0n) is 12.7. The molecule has 0 fully saturated rings. The van der Waals surface area contributed by atoms with Crippen LogP contribution in [0.3, 0.4) is 0 Å². The standard InChI is InChI=1S/C15H16N2O4Se/c1-8-5-10(14(18)19)11(6-9(8)2)22-15-16-12(20-3)7-13(17-15)21-4/h5-7H,1-4H3,(H,18,19). The summed E-state index contributed by atoms with van der Waals surface area (Å²) >= 11 is -0.367. The van der Waals surface area contributed by atoms with Crippen LogP contribution >= 0.6 is 0 Å². The second-order valence-corrected chi connectivity index (χ2v) is 6.69. The van der Waals surface area contributed by atoms with Crippen LogP contribution < -0.4 is 18.7 Å². The Morgan fingerprint density at radius 3 is 2.09 bits per heavy atom. The topological polar surface area (TPSA) is 81.5 Å². The normalized spacial score (nSPS) is 10.4. The van der Waals surface area contributed by atoms with Gasteiger partial charge in [0, 0.05) is 0 Å². The molecule has 2 rings (SSSR count). The number of ether oxygens (including phenoxy) is 2. The van der Waals surface area contributed by atoms with Gasteiger partial charge in [-0.1, -0.05) is 0 Å². The van der Waals surface area contributed by atoms with E-state index in [1.54, 1.807) is 12.1 Å². The molecule has 0 aliphatic heterocycles. The van der Waals surface area contributed by atoms with Crippen molar-refractivity contribution in [2.24, 2.45) is 0 Å². The molecule has 0 saturated carbocycles. The first kappa shape index (κ1) is 16.3. The average molecular weight is 367 g/mol. The van der Waals surface area contributed by atoms with Crippen LogP contribution in [0, 0.1) is 13.8 Å². The van der Waals surface area contributed by atoms with Gasteiger partial charge in [-0.25, -0.2) is 0 Å². The van der Waals surface area contributed by atoms with Crippen molar-refractivity contribution in [3.8, 4) is 11.8 Å². The van der Waals surface area contributed by atoms with Crippen LogP contribution in [-0.2, 0) is 0 Å². The summed E-state index contributed by atoms with van der Waals surface area (Å²) in [6.45, 7) is 3.84. The molecule has 2 aromatic rings. The first-order valence-corrected chi connectivity index (χ1v) is 8.15. The number of aryl methyl sites for hydroxylation is 2. The van der Waals surface area contributed by atoms with Gasteiger partial charge in [-0.3, -0.25) is 0 Å². The number of carboxylic acids is 1. The van der Waals surface area contributed by atoms with Gasteiger partial charge in [0.15, 0.2) is 0 Å². The molecule has 1 N–H and O–H groups in total. The number of methoxy groups -OCH3 is 2. The molecule has 6 nitrogen and oxygen atoms in total. The van der Waals surface area contributed by atoms with Gasteiger partial charge in [-0.2, -0.15) is 0 Å². The molecule has 22 heavy (non-hydrogen) atoms. The minimum absolute atomic E-state index is 0.286. The van der Waals surface area contributed by atoms with Gasteiger partial charge in [0.25, 0.3) is 0 Å². The molecule has 0 amide bonds. The Kier molecular flexibility index (Phi) is 5.00. The Labute approximate surface area is 134 Å². The Hall–Kier alpha value is -2.11. The maximum atomic E-state index is 11.4. The zero-order chi connectivity index (χ0) is 16.3. The van der Waals surface area contributed by atoms with Crippen LogP contribution in [0.2, 0.25) is 0 Å². The van der Waals surface area contributed by atoms with Gasteiger partial charge in [0.1, 0.15) is 0 Å². The summed E-state index contributed by atoms with van der Waals surface area (Å²) in [4.78, 5) is 20.0. The quantitative estimate of drug-likeness (QED) is 0.774. The Morgan fingerprint density at radius 1 is 1.05 bits per heavy atom. The van der Waals surface area contributed by atoms with E-state index in [0.717, 1.165) is 15.6 Å². The van der Waals surface area contributed by atoms with Crippen LogP contribution in [0.1, 0.15) is 21.5 Å². The molecule has 0 unspecified atom stereocenters. The van der Waals surface area contributed by atoms with E-state index in [9.17, 15) is 9.90 Å². The molecule has 7 heteroatoms. The van der Waals surface area contributed by atoms with E-state index in [0.29, 0.717) is 16.5 Å². The number of hydrogen-bond acceptors (Lipinski definition) is 5. The molecular weight excluding hydrogens is 351 g/mol. The first-order valence-electron chi connectivity index (χ1n) is 6.44. The van der Waals surface area contributed by atoms with Gasteiger partial charge < -0.3 is 0 Å². The average Bonchev–Trinajstić information content (AvgIpc) is 2.49. The molecule has 0 atom stereocenters. The van der Waals surface area contributed by atoms with Crippen molar-refractivity contribution in [2.75, 3.05) is 14.2 Å². The molecule has 0 bridgehead atoms. The van der Waals surface area contributed by atoms with E-state index in [4.69, 9.17) is 9.47 Å². The summed E-state index contributed by atoms with van der Waals surface area (Å²) in [5.41, 5.74) is 2.27. The van der Waals surface area contributed by atoms with E-state index in [2.05, 4.69) is 9.97 Å². The van der Waals surface area contributed by atoms with Crippen molar-refractivity contribution >= 4 is 30.1 Å². The number of benzene rings is 1. The van der Waals surface area contributed by atoms with Crippen molar-refractivity contribution < 1.29 is 19.4 Å². The van der Waals surface area contributed by atoms with Crippen molar-refractivity contribution in [1.82, 2.24) is 9.97 Å². The van der Waals surface area contributed by atoms with Crippen molar-refractivity contribution in [3.05, 3.63) is 34.9 Å². The summed E-state index contributed by atoms with van der Waals surface area (Å²) in [7, 11) is 3.02. The van der Waals surface area contributed by atoms with E-state index in [-0.39, 0.29) is 20.5 Å². The number of carboxylic acid groups (broad SMARTS) is 1. The SMILES string of the molecule is COc1cc(OC)nc([Se]c2cc(C)c(C)cc2C(=O)O)n1. The van der Waals surface area contributed by atoms with Crippen LogP contribution in [0.4, 0.5) is 0 Å². The number of carbonyl (C=O) groups is 1. The fourth-order valence-corrected chi connectivity index (χ4v) is 3.79. The van der Waals surface area contributed by atoms with Gasteiger partial charge in [-0.05, 0) is 0 Å². The van der Waals surface area contributed by atoms with E-state index >= 15 is 0 Å². The second kappa shape index (κ2) is 6.77. The first-order chi connectivity index (χ1) is 10.4. The fraction of sp³-hybridized carbons (Fsp3) is 0.267. The summed E-state index contributed by atoms with van der Waals surface area (Å²) < 4.78 is 11.5.